The van der Waals surface area contributed by atoms with E-state index in [1.165, 1.54) is 0 Å². The standard InChI is InChI=1S/C15H19NO3/c17-13-3-1-2-4-14(13)19-11-7-5-10-6-8-15(18)16-12(10)9-11/h5,7,9,13-14,17H,1-4,6,8H2,(H,16,18)/t13-,14-/m0/s1. The molecule has 3 rings (SSSR count). The highest BCUT2D eigenvalue weighted by atomic mass is 16.5. The average Bonchev–Trinajstić information content (AvgIpc) is 2.41. The van der Waals surface area contributed by atoms with E-state index in [1.807, 2.05) is 18.2 Å². The van der Waals surface area contributed by atoms with Gasteiger partial charge in [0.1, 0.15) is 11.9 Å². The molecule has 1 aliphatic heterocycles. The number of rotatable bonds is 2. The zero-order valence-corrected chi connectivity index (χ0v) is 10.9. The van der Waals surface area contributed by atoms with Crippen molar-refractivity contribution in [3.05, 3.63) is 23.8 Å². The van der Waals surface area contributed by atoms with E-state index in [2.05, 4.69) is 5.32 Å². The summed E-state index contributed by atoms with van der Waals surface area (Å²) in [6.07, 6.45) is 4.72. The Morgan fingerprint density at radius 1 is 1.21 bits per heavy atom. The number of fused-ring (bicyclic) bond motifs is 1. The van der Waals surface area contributed by atoms with Crippen LogP contribution in [0.2, 0.25) is 0 Å². The van der Waals surface area contributed by atoms with Crippen LogP contribution in [0.15, 0.2) is 18.2 Å². The number of ether oxygens (including phenoxy) is 1. The Hall–Kier alpha value is -1.55. The molecular weight excluding hydrogens is 242 g/mol. The fraction of sp³-hybridized carbons (Fsp3) is 0.533. The van der Waals surface area contributed by atoms with Gasteiger partial charge in [0.05, 0.1) is 6.10 Å². The van der Waals surface area contributed by atoms with Crippen LogP contribution in [0.4, 0.5) is 5.69 Å². The van der Waals surface area contributed by atoms with Gasteiger partial charge in [0.15, 0.2) is 0 Å². The Balaban J connectivity index is 1.74. The van der Waals surface area contributed by atoms with Crippen molar-refractivity contribution in [2.24, 2.45) is 0 Å². The quantitative estimate of drug-likeness (QED) is 0.858. The van der Waals surface area contributed by atoms with E-state index in [0.717, 1.165) is 49.1 Å². The van der Waals surface area contributed by atoms with Gasteiger partial charge in [-0.2, -0.15) is 0 Å². The van der Waals surface area contributed by atoms with Crippen molar-refractivity contribution in [3.8, 4) is 5.75 Å². The number of aliphatic hydroxyl groups excluding tert-OH is 1. The molecule has 0 bridgehead atoms. The maximum absolute atomic E-state index is 11.4. The third-order valence-electron chi connectivity index (χ3n) is 3.93. The highest BCUT2D eigenvalue weighted by Crippen LogP contribution is 2.29. The molecule has 1 aliphatic carbocycles. The van der Waals surface area contributed by atoms with Crippen LogP contribution in [0, 0.1) is 0 Å². The lowest BCUT2D eigenvalue weighted by molar-refractivity contribution is -0.116. The first-order chi connectivity index (χ1) is 9.22. The number of hydrogen-bond acceptors (Lipinski definition) is 3. The smallest absolute Gasteiger partial charge is 0.224 e. The van der Waals surface area contributed by atoms with Gasteiger partial charge < -0.3 is 15.2 Å². The topological polar surface area (TPSA) is 58.6 Å². The minimum Gasteiger partial charge on any atom is -0.488 e. The van der Waals surface area contributed by atoms with Crippen LogP contribution in [0.3, 0.4) is 0 Å². The molecule has 0 aromatic heterocycles. The summed E-state index contributed by atoms with van der Waals surface area (Å²) in [5.41, 5.74) is 2.00. The molecule has 4 nitrogen and oxygen atoms in total. The Kier molecular flexibility index (Phi) is 3.42. The van der Waals surface area contributed by atoms with Crippen LogP contribution in [-0.2, 0) is 11.2 Å². The number of carbonyl (C=O) groups is 1. The van der Waals surface area contributed by atoms with Crippen molar-refractivity contribution in [2.45, 2.75) is 50.7 Å². The monoisotopic (exact) mass is 261 g/mol. The highest BCUT2D eigenvalue weighted by Gasteiger charge is 2.25. The molecule has 0 spiro atoms. The maximum atomic E-state index is 11.4. The summed E-state index contributed by atoms with van der Waals surface area (Å²) < 4.78 is 5.87. The number of hydrogen-bond donors (Lipinski definition) is 2. The molecule has 0 unspecified atom stereocenters. The van der Waals surface area contributed by atoms with Gasteiger partial charge in [-0.15, -0.1) is 0 Å². The molecule has 2 N–H and O–H groups in total. The Labute approximate surface area is 112 Å². The van der Waals surface area contributed by atoms with Crippen molar-refractivity contribution in [2.75, 3.05) is 5.32 Å². The first kappa shape index (κ1) is 12.5. The summed E-state index contributed by atoms with van der Waals surface area (Å²) in [5, 5.41) is 12.8. The van der Waals surface area contributed by atoms with Crippen LogP contribution in [-0.4, -0.2) is 23.2 Å². The predicted molar refractivity (Wildman–Crippen MR) is 72.3 cm³/mol. The SMILES string of the molecule is O=C1CCc2ccc(O[C@H]3CCCC[C@@H]3O)cc2N1. The molecule has 1 fully saturated rings. The fourth-order valence-electron chi connectivity index (χ4n) is 2.81. The maximum Gasteiger partial charge on any atom is 0.224 e. The molecule has 19 heavy (non-hydrogen) atoms. The zero-order chi connectivity index (χ0) is 13.2. The van der Waals surface area contributed by atoms with Gasteiger partial charge in [-0.1, -0.05) is 12.5 Å². The van der Waals surface area contributed by atoms with E-state index in [4.69, 9.17) is 4.74 Å². The van der Waals surface area contributed by atoms with Crippen molar-refractivity contribution >= 4 is 11.6 Å². The molecule has 0 radical (unpaired) electrons. The van der Waals surface area contributed by atoms with Crippen LogP contribution in [0.1, 0.15) is 37.7 Å². The van der Waals surface area contributed by atoms with E-state index < -0.39 is 0 Å². The summed E-state index contributed by atoms with van der Waals surface area (Å²) in [4.78, 5) is 11.4. The number of aryl methyl sites for hydroxylation is 1. The molecule has 1 aromatic rings. The van der Waals surface area contributed by atoms with Gasteiger partial charge in [-0.05, 0) is 37.3 Å². The summed E-state index contributed by atoms with van der Waals surface area (Å²) in [6, 6.07) is 5.80. The Bertz CT molecular complexity index is 486. The Morgan fingerprint density at radius 2 is 2.05 bits per heavy atom. The molecule has 2 aliphatic rings. The number of anilines is 1. The van der Waals surface area contributed by atoms with Crippen molar-refractivity contribution in [1.29, 1.82) is 0 Å². The summed E-state index contributed by atoms with van der Waals surface area (Å²) in [5.74, 6) is 0.786. The van der Waals surface area contributed by atoms with E-state index in [0.29, 0.717) is 6.42 Å². The fourth-order valence-corrected chi connectivity index (χ4v) is 2.81. The van der Waals surface area contributed by atoms with Gasteiger partial charge >= 0.3 is 0 Å². The lowest BCUT2D eigenvalue weighted by Crippen LogP contribution is -2.34. The normalized spacial score (nSPS) is 26.5. The summed E-state index contributed by atoms with van der Waals surface area (Å²) in [7, 11) is 0. The first-order valence-electron chi connectivity index (χ1n) is 7.00. The number of nitrogens with one attached hydrogen (secondary N) is 1. The minimum absolute atomic E-state index is 0.0577. The molecule has 1 aromatic carbocycles. The van der Waals surface area contributed by atoms with Crippen molar-refractivity contribution < 1.29 is 14.6 Å². The minimum atomic E-state index is -0.376. The first-order valence-corrected chi connectivity index (χ1v) is 7.00. The third-order valence-corrected chi connectivity index (χ3v) is 3.93. The lowest BCUT2D eigenvalue weighted by atomic mass is 9.95. The summed E-state index contributed by atoms with van der Waals surface area (Å²) >= 11 is 0. The second-order valence-corrected chi connectivity index (χ2v) is 5.38. The van der Waals surface area contributed by atoms with Crippen LogP contribution in [0.5, 0.6) is 5.75 Å². The second-order valence-electron chi connectivity index (χ2n) is 5.38. The molecule has 1 saturated carbocycles. The van der Waals surface area contributed by atoms with E-state index >= 15 is 0 Å². The largest absolute Gasteiger partial charge is 0.488 e. The van der Waals surface area contributed by atoms with Crippen LogP contribution >= 0.6 is 0 Å². The molecular formula is C15H19NO3. The molecule has 2 atom stereocenters. The average molecular weight is 261 g/mol. The molecule has 1 amide bonds. The number of carbonyl (C=O) groups excluding carboxylic acids is 1. The van der Waals surface area contributed by atoms with Gasteiger partial charge in [-0.3, -0.25) is 4.79 Å². The predicted octanol–water partition coefficient (Wildman–Crippen LogP) is 2.25. The third kappa shape index (κ3) is 2.73. The number of amides is 1. The van der Waals surface area contributed by atoms with Gasteiger partial charge in [0.25, 0.3) is 0 Å². The Morgan fingerprint density at radius 3 is 2.89 bits per heavy atom. The highest BCUT2D eigenvalue weighted by molar-refractivity contribution is 5.94. The number of benzene rings is 1. The van der Waals surface area contributed by atoms with Gasteiger partial charge in [0, 0.05) is 18.2 Å². The molecule has 0 saturated heterocycles. The number of aliphatic hydroxyl groups is 1. The second kappa shape index (κ2) is 5.21. The zero-order valence-electron chi connectivity index (χ0n) is 10.9. The summed E-state index contributed by atoms with van der Waals surface area (Å²) in [6.45, 7) is 0. The molecule has 4 heteroatoms. The van der Waals surface area contributed by atoms with Crippen molar-refractivity contribution in [3.63, 3.8) is 0 Å². The lowest BCUT2D eigenvalue weighted by Gasteiger charge is -2.28. The van der Waals surface area contributed by atoms with E-state index in [9.17, 15) is 9.90 Å². The van der Waals surface area contributed by atoms with Crippen molar-refractivity contribution in [1.82, 2.24) is 0 Å². The van der Waals surface area contributed by atoms with E-state index in [1.54, 1.807) is 0 Å². The molecule has 1 heterocycles. The molecule has 102 valence electrons. The van der Waals surface area contributed by atoms with Crippen LogP contribution < -0.4 is 10.1 Å². The van der Waals surface area contributed by atoms with Crippen LogP contribution in [0.25, 0.3) is 0 Å². The van der Waals surface area contributed by atoms with Gasteiger partial charge in [0.2, 0.25) is 5.91 Å². The van der Waals surface area contributed by atoms with Gasteiger partial charge in [-0.25, -0.2) is 0 Å². The van der Waals surface area contributed by atoms with E-state index in [-0.39, 0.29) is 18.1 Å².